The molecule has 0 amide bonds. The van der Waals surface area contributed by atoms with Crippen molar-refractivity contribution in [2.24, 2.45) is 0 Å². The van der Waals surface area contributed by atoms with Gasteiger partial charge in [-0.15, -0.1) is 0 Å². The average molecular weight is 213 g/mol. The lowest BCUT2D eigenvalue weighted by Crippen LogP contribution is -2.03. The van der Waals surface area contributed by atoms with Crippen molar-refractivity contribution in [3.8, 4) is 0 Å². The average Bonchev–Trinajstić information content (AvgIpc) is 2.28. The molecule has 0 aromatic carbocycles. The number of hydrogen-bond donors (Lipinski definition) is 1. The van der Waals surface area contributed by atoms with E-state index in [9.17, 15) is 0 Å². The zero-order valence-corrected chi connectivity index (χ0v) is 9.57. The molecule has 3 heteroatoms. The number of anilines is 1. The van der Waals surface area contributed by atoms with Crippen LogP contribution in [0, 0.1) is 13.8 Å². The first kappa shape index (κ1) is 10.6. The van der Waals surface area contributed by atoms with Crippen LogP contribution in [-0.2, 0) is 6.54 Å². The van der Waals surface area contributed by atoms with Crippen LogP contribution in [0.4, 0.5) is 5.82 Å². The predicted octanol–water partition coefficient (Wildman–Crippen LogP) is 2.71. The van der Waals surface area contributed by atoms with Crippen LogP contribution in [0.2, 0.25) is 0 Å². The summed E-state index contributed by atoms with van der Waals surface area (Å²) in [5.41, 5.74) is 3.47. The second kappa shape index (κ2) is 4.75. The Labute approximate surface area is 95.6 Å². The van der Waals surface area contributed by atoms with Gasteiger partial charge in [0, 0.05) is 24.6 Å². The summed E-state index contributed by atoms with van der Waals surface area (Å²) < 4.78 is 0. The molecular weight excluding hydrogens is 198 g/mol. The summed E-state index contributed by atoms with van der Waals surface area (Å²) in [4.78, 5) is 8.46. The van der Waals surface area contributed by atoms with E-state index in [1.165, 1.54) is 11.1 Å². The summed E-state index contributed by atoms with van der Waals surface area (Å²) in [5.74, 6) is 0.913. The Morgan fingerprint density at radius 1 is 1.19 bits per heavy atom. The van der Waals surface area contributed by atoms with Crippen LogP contribution >= 0.6 is 0 Å². The van der Waals surface area contributed by atoms with Crippen molar-refractivity contribution < 1.29 is 0 Å². The van der Waals surface area contributed by atoms with Crippen LogP contribution < -0.4 is 5.32 Å². The fraction of sp³-hybridized carbons (Fsp3) is 0.231. The first-order chi connectivity index (χ1) is 7.75. The number of rotatable bonds is 3. The van der Waals surface area contributed by atoms with Crippen molar-refractivity contribution in [1.29, 1.82) is 0 Å². The van der Waals surface area contributed by atoms with Crippen molar-refractivity contribution in [3.05, 3.63) is 53.5 Å². The maximum Gasteiger partial charge on any atom is 0.126 e. The van der Waals surface area contributed by atoms with Gasteiger partial charge in [0.25, 0.3) is 0 Å². The zero-order chi connectivity index (χ0) is 11.4. The highest BCUT2D eigenvalue weighted by molar-refractivity contribution is 5.37. The van der Waals surface area contributed by atoms with Crippen molar-refractivity contribution in [2.45, 2.75) is 20.4 Å². The fourth-order valence-electron chi connectivity index (χ4n) is 1.53. The van der Waals surface area contributed by atoms with E-state index in [1.807, 2.05) is 43.6 Å². The van der Waals surface area contributed by atoms with Gasteiger partial charge in [-0.1, -0.05) is 6.07 Å². The lowest BCUT2D eigenvalue weighted by molar-refractivity contribution is 1.06. The molecule has 3 nitrogen and oxygen atoms in total. The van der Waals surface area contributed by atoms with Gasteiger partial charge in [-0.25, -0.2) is 4.98 Å². The minimum atomic E-state index is 0.783. The SMILES string of the molecule is Cc1cccc(NCc2ccncc2C)n1. The summed E-state index contributed by atoms with van der Waals surface area (Å²) in [6.07, 6.45) is 3.69. The molecule has 2 heterocycles. The molecule has 1 N–H and O–H groups in total. The Morgan fingerprint density at radius 2 is 2.06 bits per heavy atom. The molecule has 0 saturated carbocycles. The smallest absolute Gasteiger partial charge is 0.126 e. The van der Waals surface area contributed by atoms with Crippen molar-refractivity contribution in [1.82, 2.24) is 9.97 Å². The Kier molecular flexibility index (Phi) is 3.15. The molecule has 0 aliphatic heterocycles. The predicted molar refractivity (Wildman–Crippen MR) is 65.3 cm³/mol. The summed E-state index contributed by atoms with van der Waals surface area (Å²) in [6, 6.07) is 7.99. The molecule has 2 aromatic heterocycles. The summed E-state index contributed by atoms with van der Waals surface area (Å²) in [7, 11) is 0. The van der Waals surface area contributed by atoms with E-state index in [2.05, 4.69) is 22.2 Å². The van der Waals surface area contributed by atoms with Gasteiger partial charge in [-0.05, 0) is 43.2 Å². The molecule has 0 saturated heterocycles. The molecule has 0 fully saturated rings. The maximum atomic E-state index is 4.39. The van der Waals surface area contributed by atoms with Crippen molar-refractivity contribution in [3.63, 3.8) is 0 Å². The van der Waals surface area contributed by atoms with Gasteiger partial charge in [-0.2, -0.15) is 0 Å². The third-order valence-corrected chi connectivity index (χ3v) is 2.48. The zero-order valence-electron chi connectivity index (χ0n) is 9.57. The van der Waals surface area contributed by atoms with E-state index in [-0.39, 0.29) is 0 Å². The standard InChI is InChI=1S/C13H15N3/c1-10-8-14-7-6-12(10)9-15-13-5-3-4-11(2)16-13/h3-8H,9H2,1-2H3,(H,15,16). The normalized spacial score (nSPS) is 10.1. The number of hydrogen-bond acceptors (Lipinski definition) is 3. The quantitative estimate of drug-likeness (QED) is 0.851. The molecule has 16 heavy (non-hydrogen) atoms. The number of pyridine rings is 2. The third kappa shape index (κ3) is 2.57. The molecular formula is C13H15N3. The minimum Gasteiger partial charge on any atom is -0.366 e. The van der Waals surface area contributed by atoms with Crippen LogP contribution in [0.15, 0.2) is 36.7 Å². The second-order valence-electron chi connectivity index (χ2n) is 3.82. The molecule has 0 aliphatic carbocycles. The summed E-state index contributed by atoms with van der Waals surface area (Å²) in [6.45, 7) is 4.83. The van der Waals surface area contributed by atoms with Gasteiger partial charge in [0.05, 0.1) is 0 Å². The number of aromatic nitrogens is 2. The number of aryl methyl sites for hydroxylation is 2. The van der Waals surface area contributed by atoms with Crippen LogP contribution in [0.5, 0.6) is 0 Å². The fourth-order valence-corrected chi connectivity index (χ4v) is 1.53. The monoisotopic (exact) mass is 213 g/mol. The van der Waals surface area contributed by atoms with Crippen LogP contribution in [0.3, 0.4) is 0 Å². The summed E-state index contributed by atoms with van der Waals surface area (Å²) >= 11 is 0. The molecule has 0 spiro atoms. The van der Waals surface area contributed by atoms with Crippen LogP contribution in [-0.4, -0.2) is 9.97 Å². The van der Waals surface area contributed by atoms with Gasteiger partial charge in [0.2, 0.25) is 0 Å². The largest absolute Gasteiger partial charge is 0.366 e. The van der Waals surface area contributed by atoms with Gasteiger partial charge in [-0.3, -0.25) is 4.98 Å². The first-order valence-electron chi connectivity index (χ1n) is 5.33. The van der Waals surface area contributed by atoms with E-state index in [0.29, 0.717) is 0 Å². The van der Waals surface area contributed by atoms with Crippen molar-refractivity contribution in [2.75, 3.05) is 5.32 Å². The topological polar surface area (TPSA) is 37.8 Å². The van der Waals surface area contributed by atoms with Gasteiger partial charge in [0.15, 0.2) is 0 Å². The van der Waals surface area contributed by atoms with E-state index in [0.717, 1.165) is 18.1 Å². The lowest BCUT2D eigenvalue weighted by atomic mass is 10.1. The molecule has 0 bridgehead atoms. The maximum absolute atomic E-state index is 4.39. The Balaban J connectivity index is 2.05. The Morgan fingerprint density at radius 3 is 2.81 bits per heavy atom. The number of nitrogens with one attached hydrogen (secondary N) is 1. The van der Waals surface area contributed by atoms with Crippen molar-refractivity contribution >= 4 is 5.82 Å². The van der Waals surface area contributed by atoms with E-state index >= 15 is 0 Å². The van der Waals surface area contributed by atoms with Gasteiger partial charge >= 0.3 is 0 Å². The van der Waals surface area contributed by atoms with Crippen LogP contribution in [0.1, 0.15) is 16.8 Å². The van der Waals surface area contributed by atoms with Gasteiger partial charge in [0.1, 0.15) is 5.82 Å². The van der Waals surface area contributed by atoms with E-state index in [1.54, 1.807) is 0 Å². The minimum absolute atomic E-state index is 0.783. The molecule has 0 radical (unpaired) electrons. The Bertz CT molecular complexity index is 480. The molecule has 82 valence electrons. The number of nitrogens with zero attached hydrogens (tertiary/aromatic N) is 2. The molecule has 0 atom stereocenters. The molecule has 2 aromatic rings. The van der Waals surface area contributed by atoms with Gasteiger partial charge < -0.3 is 5.32 Å². The summed E-state index contributed by atoms with van der Waals surface area (Å²) in [5, 5.41) is 3.30. The van der Waals surface area contributed by atoms with E-state index in [4.69, 9.17) is 0 Å². The van der Waals surface area contributed by atoms with E-state index < -0.39 is 0 Å². The molecule has 2 rings (SSSR count). The van der Waals surface area contributed by atoms with Crippen LogP contribution in [0.25, 0.3) is 0 Å². The highest BCUT2D eigenvalue weighted by Crippen LogP contribution is 2.09. The Hall–Kier alpha value is -1.90. The highest BCUT2D eigenvalue weighted by atomic mass is 15.0. The highest BCUT2D eigenvalue weighted by Gasteiger charge is 1.98. The molecule has 0 aliphatic rings. The first-order valence-corrected chi connectivity index (χ1v) is 5.33. The molecule has 0 unspecified atom stereocenters. The lowest BCUT2D eigenvalue weighted by Gasteiger charge is -2.08. The third-order valence-electron chi connectivity index (χ3n) is 2.48. The second-order valence-corrected chi connectivity index (χ2v) is 3.82.